The van der Waals surface area contributed by atoms with Crippen LogP contribution in [0, 0.1) is 6.92 Å². The fourth-order valence-corrected chi connectivity index (χ4v) is 6.24. The number of anilines is 1. The topological polar surface area (TPSA) is 111 Å². The van der Waals surface area contributed by atoms with Crippen LogP contribution in [0.15, 0.2) is 62.7 Å². The van der Waals surface area contributed by atoms with E-state index in [1.54, 1.807) is 17.8 Å². The summed E-state index contributed by atoms with van der Waals surface area (Å²) in [6, 6.07) is 12.3. The number of rotatable bonds is 10. The Morgan fingerprint density at radius 1 is 1.18 bits per heavy atom. The second kappa shape index (κ2) is 12.2. The zero-order valence-corrected chi connectivity index (χ0v) is 23.8. The molecule has 198 valence electrons. The summed E-state index contributed by atoms with van der Waals surface area (Å²) >= 11 is 3.95. The minimum Gasteiger partial charge on any atom is -0.492 e. The molecule has 1 aliphatic heterocycles. The molecule has 0 unspecified atom stereocenters. The summed E-state index contributed by atoms with van der Waals surface area (Å²) in [5, 5.41) is 12.6. The van der Waals surface area contributed by atoms with Crippen LogP contribution >= 0.6 is 35.1 Å². The van der Waals surface area contributed by atoms with Crippen molar-refractivity contribution in [3.05, 3.63) is 54.2 Å². The van der Waals surface area contributed by atoms with Crippen LogP contribution < -0.4 is 10.1 Å². The van der Waals surface area contributed by atoms with Gasteiger partial charge in [-0.15, -0.1) is 10.2 Å². The molecule has 0 spiro atoms. The van der Waals surface area contributed by atoms with Gasteiger partial charge >= 0.3 is 0 Å². The van der Waals surface area contributed by atoms with Crippen LogP contribution in [0.25, 0.3) is 0 Å². The van der Waals surface area contributed by atoms with Crippen LogP contribution in [0.4, 0.5) is 5.13 Å². The first-order valence-corrected chi connectivity index (χ1v) is 14.6. The van der Waals surface area contributed by atoms with Crippen molar-refractivity contribution in [3.63, 3.8) is 0 Å². The van der Waals surface area contributed by atoms with Gasteiger partial charge in [0, 0.05) is 41.0 Å². The number of aryl methyl sites for hydroxylation is 2. The number of nitrogens with zero attached hydrogens (tertiary/aromatic N) is 7. The number of carbonyl (C=O) groups is 1. The van der Waals surface area contributed by atoms with Gasteiger partial charge in [0.1, 0.15) is 35.2 Å². The van der Waals surface area contributed by atoms with Crippen molar-refractivity contribution in [3.8, 4) is 5.75 Å². The molecule has 3 aromatic heterocycles. The molecular weight excluding hydrogens is 541 g/mol. The van der Waals surface area contributed by atoms with Gasteiger partial charge < -0.3 is 9.30 Å². The smallest absolute Gasteiger partial charge is 0.277 e. The van der Waals surface area contributed by atoms with Crippen LogP contribution in [-0.4, -0.2) is 65.7 Å². The Balaban J connectivity index is 1.29. The number of hydrogen-bond acceptors (Lipinski definition) is 11. The lowest BCUT2D eigenvalue weighted by molar-refractivity contribution is 0.101. The number of benzene rings is 1. The van der Waals surface area contributed by atoms with Gasteiger partial charge in [-0.2, -0.15) is 4.37 Å². The molecule has 1 aliphatic rings. The third-order valence-electron chi connectivity index (χ3n) is 6.05. The predicted molar refractivity (Wildman–Crippen MR) is 148 cm³/mol. The lowest BCUT2D eigenvalue weighted by Crippen LogP contribution is -2.31. The minimum atomic E-state index is -0.347. The predicted octanol–water partition coefficient (Wildman–Crippen LogP) is 4.79. The normalized spacial score (nSPS) is 15.6. The molecule has 38 heavy (non-hydrogen) atoms. The van der Waals surface area contributed by atoms with Crippen LogP contribution in [0.5, 0.6) is 5.75 Å². The van der Waals surface area contributed by atoms with E-state index in [9.17, 15) is 4.79 Å². The van der Waals surface area contributed by atoms with Gasteiger partial charge in [-0.25, -0.2) is 9.97 Å². The van der Waals surface area contributed by atoms with E-state index in [1.807, 2.05) is 43.4 Å². The van der Waals surface area contributed by atoms with Gasteiger partial charge in [0.15, 0.2) is 5.16 Å². The quantitative estimate of drug-likeness (QED) is 0.287. The first-order valence-electron chi connectivity index (χ1n) is 12.2. The molecule has 1 amide bonds. The van der Waals surface area contributed by atoms with E-state index in [4.69, 9.17) is 4.74 Å². The Kier molecular flexibility index (Phi) is 8.57. The van der Waals surface area contributed by atoms with Crippen molar-refractivity contribution in [2.45, 2.75) is 52.7 Å². The van der Waals surface area contributed by atoms with E-state index in [0.29, 0.717) is 39.5 Å². The van der Waals surface area contributed by atoms with E-state index in [1.165, 1.54) is 36.4 Å². The van der Waals surface area contributed by atoms with Gasteiger partial charge in [-0.1, -0.05) is 11.8 Å². The summed E-state index contributed by atoms with van der Waals surface area (Å²) < 4.78 is 11.9. The molecule has 10 nitrogen and oxygen atoms in total. The summed E-state index contributed by atoms with van der Waals surface area (Å²) in [6.07, 6.45) is 4.15. The van der Waals surface area contributed by atoms with Gasteiger partial charge in [0.05, 0.1) is 0 Å². The Morgan fingerprint density at radius 3 is 2.71 bits per heavy atom. The Bertz CT molecular complexity index is 1390. The Hall–Kier alpha value is -3.00. The molecule has 1 N–H and O–H groups in total. The van der Waals surface area contributed by atoms with Gasteiger partial charge in [0.25, 0.3) is 5.91 Å². The van der Waals surface area contributed by atoms with Crippen molar-refractivity contribution in [1.82, 2.24) is 34.0 Å². The molecule has 5 rings (SSSR count). The molecule has 1 aromatic carbocycles. The standard InChI is InChI=1S/C25H28N8O2S3/c1-16-5-4-12-33(16)13-14-35-18-6-8-19(9-7-18)36-20-10-11-21(37-25-30-26-15-32(25)3)28-22(20)23(34)29-24-27-17(2)31-38-24/h6-11,15-16H,4-5,12-14H2,1-3H3,(H,27,29,31,34)/t16-/m1/s1. The number of carbonyl (C=O) groups excluding carboxylic acids is 1. The largest absolute Gasteiger partial charge is 0.492 e. The van der Waals surface area contributed by atoms with E-state index in [0.717, 1.165) is 40.2 Å². The average molecular weight is 569 g/mol. The highest BCUT2D eigenvalue weighted by Crippen LogP contribution is 2.34. The maximum Gasteiger partial charge on any atom is 0.277 e. The van der Waals surface area contributed by atoms with Gasteiger partial charge in [-0.05, 0) is 81.4 Å². The van der Waals surface area contributed by atoms with Crippen LogP contribution in [-0.2, 0) is 7.05 Å². The Morgan fingerprint density at radius 2 is 2.03 bits per heavy atom. The first kappa shape index (κ1) is 26.6. The Labute approximate surface area is 233 Å². The second-order valence-corrected chi connectivity index (χ2v) is 11.7. The lowest BCUT2D eigenvalue weighted by atomic mass is 10.2. The molecule has 0 bridgehead atoms. The fourth-order valence-electron chi connectivity index (χ4n) is 4.03. The summed E-state index contributed by atoms with van der Waals surface area (Å²) in [4.78, 5) is 26.3. The maximum atomic E-state index is 13.2. The third-order valence-corrected chi connectivity index (χ3v) is 8.82. The third kappa shape index (κ3) is 6.70. The highest BCUT2D eigenvalue weighted by Gasteiger charge is 2.20. The average Bonchev–Trinajstić information content (AvgIpc) is 3.63. The van der Waals surface area contributed by atoms with Crippen molar-refractivity contribution in [1.29, 1.82) is 0 Å². The molecule has 0 aliphatic carbocycles. The SMILES string of the molecule is Cc1nsc(NC(=O)c2nc(Sc3nncn3C)ccc2Sc2ccc(OCCN3CCC[C@H]3C)cc2)n1. The fraction of sp³-hybridized carbons (Fsp3) is 0.360. The highest BCUT2D eigenvalue weighted by molar-refractivity contribution is 7.99. The molecular formula is C25H28N8O2S3. The molecule has 1 saturated heterocycles. The maximum absolute atomic E-state index is 13.2. The van der Waals surface area contributed by atoms with Crippen molar-refractivity contribution in [2.75, 3.05) is 25.0 Å². The molecule has 0 saturated carbocycles. The van der Waals surface area contributed by atoms with Crippen LogP contribution in [0.1, 0.15) is 36.1 Å². The molecule has 1 atom stereocenters. The summed E-state index contributed by atoms with van der Waals surface area (Å²) in [7, 11) is 1.86. The van der Waals surface area contributed by atoms with Crippen LogP contribution in [0.2, 0.25) is 0 Å². The lowest BCUT2D eigenvalue weighted by Gasteiger charge is -2.20. The number of likely N-dealkylation sites (tertiary alicyclic amines) is 1. The summed E-state index contributed by atoms with van der Waals surface area (Å²) in [5.74, 6) is 1.09. The minimum absolute atomic E-state index is 0.301. The van der Waals surface area contributed by atoms with Crippen molar-refractivity contribution < 1.29 is 9.53 Å². The number of ether oxygens (including phenoxy) is 1. The summed E-state index contributed by atoms with van der Waals surface area (Å²) in [6.45, 7) is 6.82. The zero-order chi connectivity index (χ0) is 26.5. The molecule has 1 fully saturated rings. The number of amides is 1. The highest BCUT2D eigenvalue weighted by atomic mass is 32.2. The zero-order valence-electron chi connectivity index (χ0n) is 21.3. The molecule has 4 heterocycles. The number of hydrogen-bond donors (Lipinski definition) is 1. The van der Waals surface area contributed by atoms with Crippen molar-refractivity contribution >= 4 is 46.1 Å². The number of nitrogens with one attached hydrogen (secondary N) is 1. The number of pyridine rings is 1. The first-order chi connectivity index (χ1) is 18.4. The van der Waals surface area contributed by atoms with E-state index in [-0.39, 0.29) is 5.91 Å². The number of aromatic nitrogens is 6. The molecule has 0 radical (unpaired) electrons. The second-order valence-electron chi connectivity index (χ2n) is 8.87. The van der Waals surface area contributed by atoms with Gasteiger partial charge in [0.2, 0.25) is 5.13 Å². The summed E-state index contributed by atoms with van der Waals surface area (Å²) in [5.41, 5.74) is 0.301. The van der Waals surface area contributed by atoms with E-state index in [2.05, 4.69) is 41.7 Å². The molecule has 13 heteroatoms. The van der Waals surface area contributed by atoms with Gasteiger partial charge in [-0.3, -0.25) is 15.0 Å². The van der Waals surface area contributed by atoms with Crippen LogP contribution in [0.3, 0.4) is 0 Å². The molecule has 4 aromatic rings. The monoisotopic (exact) mass is 568 g/mol. The van der Waals surface area contributed by atoms with E-state index < -0.39 is 0 Å². The van der Waals surface area contributed by atoms with Crippen molar-refractivity contribution in [2.24, 2.45) is 7.05 Å². The van der Waals surface area contributed by atoms with E-state index >= 15 is 0 Å².